The van der Waals surface area contributed by atoms with E-state index in [0.29, 0.717) is 19.6 Å². The number of hydrogen-bond donors (Lipinski definition) is 2. The van der Waals surface area contributed by atoms with Gasteiger partial charge in [-0.05, 0) is 35.4 Å². The molecule has 0 radical (unpaired) electrons. The van der Waals surface area contributed by atoms with Gasteiger partial charge in [-0.3, -0.25) is 4.90 Å². The Kier molecular flexibility index (Phi) is 7.51. The molecular weight excluding hydrogens is 384 g/mol. The van der Waals surface area contributed by atoms with Crippen LogP contribution < -0.4 is 15.4 Å². The van der Waals surface area contributed by atoms with Crippen LogP contribution in [0.25, 0.3) is 0 Å². The Hall–Kier alpha value is -3.26. The molecule has 8 heteroatoms. The minimum absolute atomic E-state index is 0.252. The first-order chi connectivity index (χ1) is 14.6. The van der Waals surface area contributed by atoms with Gasteiger partial charge in [0, 0.05) is 45.0 Å². The van der Waals surface area contributed by atoms with Crippen molar-refractivity contribution in [1.29, 1.82) is 0 Å². The van der Waals surface area contributed by atoms with Crippen LogP contribution in [0, 0.1) is 0 Å². The minimum Gasteiger partial charge on any atom is -0.497 e. The van der Waals surface area contributed by atoms with Crippen molar-refractivity contribution in [1.82, 2.24) is 15.1 Å². The number of ether oxygens (including phenoxy) is 2. The molecule has 1 heterocycles. The Morgan fingerprint density at radius 3 is 2.13 bits per heavy atom. The number of carbonyl (C=O) groups excluding carboxylic acids is 2. The van der Waals surface area contributed by atoms with Crippen molar-refractivity contribution >= 4 is 17.8 Å². The first-order valence-corrected chi connectivity index (χ1v) is 9.89. The third-order valence-corrected chi connectivity index (χ3v) is 5.04. The van der Waals surface area contributed by atoms with Crippen molar-refractivity contribution < 1.29 is 19.1 Å². The molecule has 0 unspecified atom stereocenters. The topological polar surface area (TPSA) is 83.1 Å². The molecule has 0 aromatic heterocycles. The second-order valence-corrected chi connectivity index (χ2v) is 7.09. The van der Waals surface area contributed by atoms with Crippen LogP contribution in [0.3, 0.4) is 0 Å². The number of urea groups is 1. The number of nitrogens with one attached hydrogen (secondary N) is 2. The van der Waals surface area contributed by atoms with Crippen LogP contribution in [0.1, 0.15) is 11.1 Å². The number of piperazine rings is 1. The summed E-state index contributed by atoms with van der Waals surface area (Å²) in [7, 11) is 3.03. The second kappa shape index (κ2) is 10.5. The molecular formula is C22H28N4O4. The molecule has 0 saturated carbocycles. The van der Waals surface area contributed by atoms with Crippen molar-refractivity contribution in [2.24, 2.45) is 0 Å². The number of benzene rings is 2. The first-order valence-electron chi connectivity index (χ1n) is 9.89. The van der Waals surface area contributed by atoms with E-state index in [1.54, 1.807) is 12.0 Å². The highest BCUT2D eigenvalue weighted by molar-refractivity contribution is 5.89. The quantitative estimate of drug-likeness (QED) is 0.762. The Morgan fingerprint density at radius 2 is 1.53 bits per heavy atom. The van der Waals surface area contributed by atoms with Gasteiger partial charge in [0.2, 0.25) is 0 Å². The second-order valence-electron chi connectivity index (χ2n) is 7.09. The number of amides is 3. The normalized spacial score (nSPS) is 14.1. The van der Waals surface area contributed by atoms with E-state index >= 15 is 0 Å². The maximum Gasteiger partial charge on any atom is 0.409 e. The Bertz CT molecular complexity index is 831. The van der Waals surface area contributed by atoms with Crippen LogP contribution in [-0.4, -0.2) is 62.3 Å². The lowest BCUT2D eigenvalue weighted by molar-refractivity contribution is 0.0889. The fourth-order valence-corrected chi connectivity index (χ4v) is 3.27. The largest absolute Gasteiger partial charge is 0.497 e. The van der Waals surface area contributed by atoms with Crippen molar-refractivity contribution in [3.8, 4) is 5.75 Å². The van der Waals surface area contributed by atoms with Gasteiger partial charge in [0.15, 0.2) is 0 Å². The Balaban J connectivity index is 1.41. The SMILES string of the molecule is COC(=O)N1CCN(Cc2ccc(NC(=O)NCc3ccc(OC)cc3)cc2)CC1. The molecule has 1 aliphatic rings. The van der Waals surface area contributed by atoms with Crippen LogP contribution in [-0.2, 0) is 17.8 Å². The summed E-state index contributed by atoms with van der Waals surface area (Å²) in [5.74, 6) is 0.786. The van der Waals surface area contributed by atoms with E-state index in [2.05, 4.69) is 15.5 Å². The highest BCUT2D eigenvalue weighted by atomic mass is 16.5. The van der Waals surface area contributed by atoms with Crippen molar-refractivity contribution in [3.05, 3.63) is 59.7 Å². The first kappa shape index (κ1) is 21.4. The summed E-state index contributed by atoms with van der Waals surface area (Å²) in [5.41, 5.74) is 2.89. The number of carbonyl (C=O) groups is 2. The number of rotatable bonds is 6. The molecule has 1 aliphatic heterocycles. The Morgan fingerprint density at radius 1 is 0.900 bits per heavy atom. The zero-order chi connectivity index (χ0) is 21.3. The van der Waals surface area contributed by atoms with Gasteiger partial charge < -0.3 is 25.0 Å². The van der Waals surface area contributed by atoms with E-state index in [9.17, 15) is 9.59 Å². The number of methoxy groups -OCH3 is 2. The highest BCUT2D eigenvalue weighted by Crippen LogP contribution is 2.14. The van der Waals surface area contributed by atoms with E-state index in [4.69, 9.17) is 9.47 Å². The fraction of sp³-hybridized carbons (Fsp3) is 0.364. The third kappa shape index (κ3) is 6.12. The number of anilines is 1. The van der Waals surface area contributed by atoms with Crippen molar-refractivity contribution in [2.45, 2.75) is 13.1 Å². The summed E-state index contributed by atoms with van der Waals surface area (Å²) in [4.78, 5) is 27.7. The molecule has 160 valence electrons. The van der Waals surface area contributed by atoms with E-state index in [1.807, 2.05) is 48.5 Å². The van der Waals surface area contributed by atoms with Crippen molar-refractivity contribution in [3.63, 3.8) is 0 Å². The van der Waals surface area contributed by atoms with Crippen LogP contribution in [0.15, 0.2) is 48.5 Å². The number of nitrogens with zero attached hydrogens (tertiary/aromatic N) is 2. The third-order valence-electron chi connectivity index (χ3n) is 5.04. The monoisotopic (exact) mass is 412 g/mol. The fourth-order valence-electron chi connectivity index (χ4n) is 3.27. The predicted octanol–water partition coefficient (Wildman–Crippen LogP) is 2.90. The van der Waals surface area contributed by atoms with Gasteiger partial charge >= 0.3 is 12.1 Å². The zero-order valence-electron chi connectivity index (χ0n) is 17.4. The van der Waals surface area contributed by atoms with Crippen LogP contribution in [0.4, 0.5) is 15.3 Å². The molecule has 3 amide bonds. The lowest BCUT2D eigenvalue weighted by Gasteiger charge is -2.33. The van der Waals surface area contributed by atoms with Gasteiger partial charge in [-0.25, -0.2) is 9.59 Å². The molecule has 1 saturated heterocycles. The maximum absolute atomic E-state index is 12.1. The predicted molar refractivity (Wildman–Crippen MR) is 115 cm³/mol. The molecule has 2 N–H and O–H groups in total. The summed E-state index contributed by atoms with van der Waals surface area (Å²) in [6, 6.07) is 15.1. The van der Waals surface area contributed by atoms with Gasteiger partial charge in [0.25, 0.3) is 0 Å². The standard InChI is InChI=1S/C22H28N4O4/c1-29-20-9-5-17(6-10-20)15-23-21(27)24-19-7-3-18(4-8-19)16-25-11-13-26(14-12-25)22(28)30-2/h3-10H,11-16H2,1-2H3,(H2,23,24,27). The van der Waals surface area contributed by atoms with Crippen LogP contribution >= 0.6 is 0 Å². The molecule has 1 fully saturated rings. The summed E-state index contributed by atoms with van der Waals surface area (Å²) in [6.07, 6.45) is -0.268. The van der Waals surface area contributed by atoms with Gasteiger partial charge in [0.05, 0.1) is 14.2 Å². The molecule has 2 aromatic carbocycles. The number of hydrogen-bond acceptors (Lipinski definition) is 5. The molecule has 0 atom stereocenters. The molecule has 30 heavy (non-hydrogen) atoms. The van der Waals surface area contributed by atoms with Crippen LogP contribution in [0.5, 0.6) is 5.75 Å². The molecule has 0 aliphatic carbocycles. The van der Waals surface area contributed by atoms with Crippen molar-refractivity contribution in [2.75, 3.05) is 45.7 Å². The molecule has 0 spiro atoms. The minimum atomic E-state index is -0.268. The van der Waals surface area contributed by atoms with Gasteiger partial charge in [-0.15, -0.1) is 0 Å². The van der Waals surface area contributed by atoms with Gasteiger partial charge in [0.1, 0.15) is 5.75 Å². The molecule has 0 bridgehead atoms. The van der Waals surface area contributed by atoms with E-state index in [0.717, 1.165) is 42.2 Å². The van der Waals surface area contributed by atoms with E-state index in [-0.39, 0.29) is 12.1 Å². The lowest BCUT2D eigenvalue weighted by Crippen LogP contribution is -2.48. The average Bonchev–Trinajstić information content (AvgIpc) is 2.79. The highest BCUT2D eigenvalue weighted by Gasteiger charge is 2.21. The summed E-state index contributed by atoms with van der Waals surface area (Å²) in [5, 5.41) is 5.69. The Labute approximate surface area is 176 Å². The smallest absolute Gasteiger partial charge is 0.409 e. The van der Waals surface area contributed by atoms with E-state index < -0.39 is 0 Å². The van der Waals surface area contributed by atoms with Gasteiger partial charge in [-0.1, -0.05) is 24.3 Å². The summed E-state index contributed by atoms with van der Waals surface area (Å²) >= 11 is 0. The maximum atomic E-state index is 12.1. The lowest BCUT2D eigenvalue weighted by atomic mass is 10.2. The summed E-state index contributed by atoms with van der Waals surface area (Å²) in [6.45, 7) is 4.19. The molecule has 3 rings (SSSR count). The molecule has 8 nitrogen and oxygen atoms in total. The average molecular weight is 412 g/mol. The van der Waals surface area contributed by atoms with E-state index in [1.165, 1.54) is 7.11 Å². The summed E-state index contributed by atoms with van der Waals surface area (Å²) < 4.78 is 9.89. The van der Waals surface area contributed by atoms with Gasteiger partial charge in [-0.2, -0.15) is 0 Å². The van der Waals surface area contributed by atoms with Crippen LogP contribution in [0.2, 0.25) is 0 Å². The zero-order valence-corrected chi connectivity index (χ0v) is 17.4. The molecule has 2 aromatic rings.